The predicted molar refractivity (Wildman–Crippen MR) is 76.2 cm³/mol. The van der Waals surface area contributed by atoms with Crippen molar-refractivity contribution in [2.75, 3.05) is 26.3 Å². The van der Waals surface area contributed by atoms with Gasteiger partial charge in [0.05, 0.1) is 11.7 Å². The normalized spacial score (nSPS) is 12.1. The van der Waals surface area contributed by atoms with E-state index in [-0.39, 0.29) is 6.61 Å². The second-order valence-corrected chi connectivity index (χ2v) is 4.63. The molecule has 0 amide bonds. The van der Waals surface area contributed by atoms with Gasteiger partial charge in [-0.1, -0.05) is 18.2 Å². The van der Waals surface area contributed by atoms with Crippen molar-refractivity contribution in [3.8, 4) is 11.6 Å². The molecular formula is C13H17N3O3S. The molecule has 0 aliphatic carbocycles. The fraction of sp³-hybridized carbons (Fsp3) is 0.385. The maximum Gasteiger partial charge on any atom is 0.245 e. The molecule has 2 N–H and O–H groups in total. The van der Waals surface area contributed by atoms with Crippen LogP contribution in [-0.2, 0) is 0 Å². The summed E-state index contributed by atoms with van der Waals surface area (Å²) in [5, 5.41) is 12.8. The van der Waals surface area contributed by atoms with Crippen LogP contribution in [0.1, 0.15) is 0 Å². The quantitative estimate of drug-likeness (QED) is 0.671. The maximum absolute atomic E-state index is 9.69. The van der Waals surface area contributed by atoms with E-state index >= 15 is 0 Å². The molecule has 2 aromatic rings. The molecule has 0 aliphatic heterocycles. The highest BCUT2D eigenvalue weighted by Gasteiger charge is 2.05. The van der Waals surface area contributed by atoms with Crippen LogP contribution in [0.4, 0.5) is 0 Å². The Balaban J connectivity index is 1.50. The Morgan fingerprint density at radius 1 is 1.25 bits per heavy atom. The van der Waals surface area contributed by atoms with Gasteiger partial charge in [-0.3, -0.25) is 0 Å². The van der Waals surface area contributed by atoms with Crippen molar-refractivity contribution in [1.29, 1.82) is 0 Å². The Bertz CT molecular complexity index is 467. The zero-order valence-electron chi connectivity index (χ0n) is 10.9. The number of hydrogen-bond donors (Lipinski definition) is 2. The van der Waals surface area contributed by atoms with Gasteiger partial charge < -0.3 is 19.9 Å². The number of rotatable bonds is 9. The van der Waals surface area contributed by atoms with Gasteiger partial charge >= 0.3 is 0 Å². The minimum absolute atomic E-state index is 0.192. The van der Waals surface area contributed by atoms with Crippen molar-refractivity contribution in [3.05, 3.63) is 36.5 Å². The third kappa shape index (κ3) is 5.52. The second-order valence-electron chi connectivity index (χ2n) is 4.08. The third-order valence-electron chi connectivity index (χ3n) is 2.44. The van der Waals surface area contributed by atoms with Crippen LogP contribution in [0.25, 0.3) is 0 Å². The molecule has 20 heavy (non-hydrogen) atoms. The lowest BCUT2D eigenvalue weighted by molar-refractivity contribution is 0.103. The van der Waals surface area contributed by atoms with Gasteiger partial charge in [0.15, 0.2) is 0 Å². The first-order valence-corrected chi connectivity index (χ1v) is 7.04. The van der Waals surface area contributed by atoms with Gasteiger partial charge in [0.25, 0.3) is 0 Å². The topological polar surface area (TPSA) is 76.5 Å². The number of aliphatic hydroxyl groups is 1. The predicted octanol–water partition coefficient (Wildman–Crippen LogP) is 0.946. The summed E-state index contributed by atoms with van der Waals surface area (Å²) in [6.07, 6.45) is 0.937. The third-order valence-corrected chi connectivity index (χ3v) is 2.90. The summed E-state index contributed by atoms with van der Waals surface area (Å²) in [5.41, 5.74) is 0. The van der Waals surface area contributed by atoms with E-state index in [0.29, 0.717) is 25.6 Å². The van der Waals surface area contributed by atoms with Gasteiger partial charge in [0.1, 0.15) is 31.3 Å². The van der Waals surface area contributed by atoms with E-state index in [0.717, 1.165) is 17.5 Å². The number of aliphatic hydroxyl groups excluding tert-OH is 1. The van der Waals surface area contributed by atoms with E-state index in [2.05, 4.69) is 14.1 Å². The van der Waals surface area contributed by atoms with Crippen molar-refractivity contribution in [2.24, 2.45) is 0 Å². The average Bonchev–Trinajstić information content (AvgIpc) is 2.99. The second kappa shape index (κ2) is 8.47. The standard InChI is InChI=1S/C13H17N3O3S/c17-11(10-19-13-9-15-20-16-13)8-14-6-7-18-12-4-2-1-3-5-12/h1-5,9,11,14,17H,6-8,10H2. The van der Waals surface area contributed by atoms with Crippen LogP contribution in [0.15, 0.2) is 36.5 Å². The molecule has 0 radical (unpaired) electrons. The zero-order chi connectivity index (χ0) is 14.0. The van der Waals surface area contributed by atoms with Crippen molar-refractivity contribution in [1.82, 2.24) is 14.1 Å². The lowest BCUT2D eigenvalue weighted by Crippen LogP contribution is -2.33. The Kier molecular flexibility index (Phi) is 6.22. The maximum atomic E-state index is 9.69. The fourth-order valence-corrected chi connectivity index (χ4v) is 1.85. The monoisotopic (exact) mass is 295 g/mol. The molecule has 1 unspecified atom stereocenters. The smallest absolute Gasteiger partial charge is 0.245 e. The molecule has 7 heteroatoms. The van der Waals surface area contributed by atoms with Crippen molar-refractivity contribution < 1.29 is 14.6 Å². The number of benzene rings is 1. The summed E-state index contributed by atoms with van der Waals surface area (Å²) in [4.78, 5) is 0. The van der Waals surface area contributed by atoms with Crippen LogP contribution in [-0.4, -0.2) is 46.3 Å². The summed E-state index contributed by atoms with van der Waals surface area (Å²) >= 11 is 1.07. The van der Waals surface area contributed by atoms with E-state index in [1.54, 1.807) is 0 Å². The Hall–Kier alpha value is -1.70. The average molecular weight is 295 g/mol. The number of nitrogens with zero attached hydrogens (tertiary/aromatic N) is 2. The van der Waals surface area contributed by atoms with Gasteiger partial charge in [-0.2, -0.15) is 4.37 Å². The molecule has 0 saturated carbocycles. The van der Waals surface area contributed by atoms with Crippen LogP contribution < -0.4 is 14.8 Å². The van der Waals surface area contributed by atoms with Gasteiger partial charge in [0.2, 0.25) is 5.88 Å². The summed E-state index contributed by atoms with van der Waals surface area (Å²) in [6.45, 7) is 1.84. The molecule has 0 aliphatic rings. The van der Waals surface area contributed by atoms with E-state index in [9.17, 15) is 5.11 Å². The lowest BCUT2D eigenvalue weighted by Gasteiger charge is -2.12. The number of para-hydroxylation sites is 1. The van der Waals surface area contributed by atoms with E-state index in [1.165, 1.54) is 6.20 Å². The molecule has 2 rings (SSSR count). The molecular weight excluding hydrogens is 278 g/mol. The summed E-state index contributed by atoms with van der Waals surface area (Å²) in [5.74, 6) is 1.29. The summed E-state index contributed by atoms with van der Waals surface area (Å²) < 4.78 is 18.5. The molecule has 1 heterocycles. The molecule has 1 aromatic carbocycles. The summed E-state index contributed by atoms with van der Waals surface area (Å²) in [7, 11) is 0. The Morgan fingerprint density at radius 3 is 2.85 bits per heavy atom. The zero-order valence-corrected chi connectivity index (χ0v) is 11.8. The van der Waals surface area contributed by atoms with Gasteiger partial charge in [0, 0.05) is 13.1 Å². The Labute approximate surface area is 121 Å². The fourth-order valence-electron chi connectivity index (χ4n) is 1.49. The van der Waals surface area contributed by atoms with E-state index in [4.69, 9.17) is 9.47 Å². The largest absolute Gasteiger partial charge is 0.492 e. The number of ether oxygens (including phenoxy) is 2. The highest BCUT2D eigenvalue weighted by atomic mass is 32.1. The highest BCUT2D eigenvalue weighted by molar-refractivity contribution is 6.99. The minimum atomic E-state index is -0.589. The van der Waals surface area contributed by atoms with Gasteiger partial charge in [-0.15, -0.1) is 4.37 Å². The first kappa shape index (κ1) is 14.7. The molecule has 0 bridgehead atoms. The van der Waals surface area contributed by atoms with Crippen molar-refractivity contribution in [2.45, 2.75) is 6.10 Å². The van der Waals surface area contributed by atoms with Crippen molar-refractivity contribution >= 4 is 11.7 Å². The summed E-state index contributed by atoms with van der Waals surface area (Å²) in [6, 6.07) is 9.61. The highest BCUT2D eigenvalue weighted by Crippen LogP contribution is 2.07. The molecule has 1 aromatic heterocycles. The number of aromatic nitrogens is 2. The Morgan fingerprint density at radius 2 is 2.10 bits per heavy atom. The first-order chi connectivity index (χ1) is 9.84. The van der Waals surface area contributed by atoms with Crippen LogP contribution in [0.5, 0.6) is 11.6 Å². The lowest BCUT2D eigenvalue weighted by atomic mass is 10.3. The molecule has 108 valence electrons. The van der Waals surface area contributed by atoms with Crippen LogP contribution in [0.3, 0.4) is 0 Å². The molecule has 0 spiro atoms. The molecule has 1 atom stereocenters. The van der Waals surface area contributed by atoms with Gasteiger partial charge in [-0.05, 0) is 12.1 Å². The van der Waals surface area contributed by atoms with Crippen LogP contribution in [0.2, 0.25) is 0 Å². The van der Waals surface area contributed by atoms with E-state index < -0.39 is 6.10 Å². The van der Waals surface area contributed by atoms with Crippen LogP contribution >= 0.6 is 11.7 Å². The first-order valence-electron chi connectivity index (χ1n) is 6.31. The SMILES string of the molecule is OC(CNCCOc1ccccc1)COc1cnsn1. The molecule has 6 nitrogen and oxygen atoms in total. The molecule has 0 fully saturated rings. The van der Waals surface area contributed by atoms with Gasteiger partial charge in [-0.25, -0.2) is 0 Å². The van der Waals surface area contributed by atoms with Crippen LogP contribution in [0, 0.1) is 0 Å². The minimum Gasteiger partial charge on any atom is -0.492 e. The van der Waals surface area contributed by atoms with Crippen molar-refractivity contribution in [3.63, 3.8) is 0 Å². The number of nitrogens with one attached hydrogen (secondary N) is 1. The van der Waals surface area contributed by atoms with E-state index in [1.807, 2.05) is 30.3 Å². The molecule has 0 saturated heterocycles. The number of hydrogen-bond acceptors (Lipinski definition) is 7.